The summed E-state index contributed by atoms with van der Waals surface area (Å²) in [7, 11) is 1.58. The fourth-order valence-electron chi connectivity index (χ4n) is 4.22. The molecule has 1 aliphatic rings. The number of aryl methyl sites for hydroxylation is 1. The summed E-state index contributed by atoms with van der Waals surface area (Å²) in [6.07, 6.45) is 0. The number of hydrogen-bond acceptors (Lipinski definition) is 7. The van der Waals surface area contributed by atoms with E-state index in [-0.39, 0.29) is 5.91 Å². The molecule has 4 aromatic rings. The number of benzene rings is 3. The molecule has 3 aromatic carbocycles. The fraction of sp³-hybridized carbons (Fsp3) is 0.185. The highest BCUT2D eigenvalue weighted by atomic mass is 79.9. The molecule has 2 heterocycles. The summed E-state index contributed by atoms with van der Waals surface area (Å²) >= 11 is 3.64. The summed E-state index contributed by atoms with van der Waals surface area (Å²) in [4.78, 5) is 13.6. The maximum atomic E-state index is 13.6. The summed E-state index contributed by atoms with van der Waals surface area (Å²) in [6.45, 7) is 4.21. The molecule has 0 saturated heterocycles. The number of carbonyl (C=O) groups is 1. The molecule has 0 spiro atoms. The van der Waals surface area contributed by atoms with E-state index in [1.807, 2.05) is 80.6 Å². The van der Waals surface area contributed by atoms with Gasteiger partial charge in [-0.2, -0.15) is 4.68 Å². The van der Waals surface area contributed by atoms with Crippen LogP contribution < -0.4 is 20.1 Å². The molecule has 1 atom stereocenters. The molecule has 1 amide bonds. The Bertz CT molecular complexity index is 1470. The third-order valence-corrected chi connectivity index (χ3v) is 6.65. The molecule has 9 nitrogen and oxygen atoms in total. The van der Waals surface area contributed by atoms with Crippen molar-refractivity contribution in [3.63, 3.8) is 0 Å². The molecule has 0 aliphatic carbocycles. The van der Waals surface area contributed by atoms with Gasteiger partial charge in [0.2, 0.25) is 5.95 Å². The van der Waals surface area contributed by atoms with Gasteiger partial charge in [-0.15, -0.1) is 0 Å². The van der Waals surface area contributed by atoms with Crippen molar-refractivity contribution in [3.8, 4) is 11.5 Å². The third kappa shape index (κ3) is 5.05. The Hall–Kier alpha value is -4.18. The van der Waals surface area contributed by atoms with E-state index in [0.29, 0.717) is 45.5 Å². The highest BCUT2D eigenvalue weighted by molar-refractivity contribution is 9.10. The number of methoxy groups -OCH3 is 1. The fourth-order valence-corrected chi connectivity index (χ4v) is 4.79. The Balaban J connectivity index is 1.52. The Morgan fingerprint density at radius 3 is 2.59 bits per heavy atom. The van der Waals surface area contributed by atoms with Crippen molar-refractivity contribution in [3.05, 3.63) is 99.2 Å². The maximum Gasteiger partial charge on any atom is 0.255 e. The molecule has 188 valence electrons. The minimum Gasteiger partial charge on any atom is -0.493 e. The molecule has 1 aromatic heterocycles. The lowest BCUT2D eigenvalue weighted by atomic mass is 9.94. The lowest BCUT2D eigenvalue weighted by Crippen LogP contribution is -2.31. The largest absolute Gasteiger partial charge is 0.493 e. The number of tetrazole rings is 1. The van der Waals surface area contributed by atoms with E-state index in [1.54, 1.807) is 11.8 Å². The number of hydrogen-bond donors (Lipinski definition) is 2. The molecule has 1 unspecified atom stereocenters. The molecule has 1 aliphatic heterocycles. The second-order valence-electron chi connectivity index (χ2n) is 8.64. The summed E-state index contributed by atoms with van der Waals surface area (Å²) in [5, 5.41) is 18.2. The van der Waals surface area contributed by atoms with E-state index in [1.165, 1.54) is 0 Å². The first-order chi connectivity index (χ1) is 17.9. The Morgan fingerprint density at radius 2 is 1.86 bits per heavy atom. The second kappa shape index (κ2) is 10.4. The number of ether oxygens (including phenoxy) is 2. The van der Waals surface area contributed by atoms with Gasteiger partial charge in [-0.3, -0.25) is 4.79 Å². The number of anilines is 2. The topological polar surface area (TPSA) is 103 Å². The van der Waals surface area contributed by atoms with Gasteiger partial charge in [0.1, 0.15) is 12.6 Å². The van der Waals surface area contributed by atoms with Crippen LogP contribution in [-0.4, -0.2) is 33.2 Å². The van der Waals surface area contributed by atoms with Crippen LogP contribution in [0.2, 0.25) is 0 Å². The lowest BCUT2D eigenvalue weighted by molar-refractivity contribution is -0.113. The first kappa shape index (κ1) is 24.5. The number of amides is 1. The highest BCUT2D eigenvalue weighted by Gasteiger charge is 2.35. The number of aromatic nitrogens is 4. The normalized spacial score (nSPS) is 14.5. The molecule has 10 heteroatoms. The maximum absolute atomic E-state index is 13.6. The molecule has 0 radical (unpaired) electrons. The Morgan fingerprint density at radius 1 is 1.11 bits per heavy atom. The second-order valence-corrected chi connectivity index (χ2v) is 9.50. The molecule has 0 fully saturated rings. The molecule has 2 N–H and O–H groups in total. The first-order valence-electron chi connectivity index (χ1n) is 11.6. The smallest absolute Gasteiger partial charge is 0.255 e. The van der Waals surface area contributed by atoms with Crippen LogP contribution in [0.25, 0.3) is 0 Å². The summed E-state index contributed by atoms with van der Waals surface area (Å²) in [5.74, 6) is 1.25. The zero-order chi connectivity index (χ0) is 25.9. The number of allylic oxidation sites excluding steroid dienone is 1. The summed E-state index contributed by atoms with van der Waals surface area (Å²) in [5.41, 5.74) is 4.71. The standard InChI is InChI=1S/C27H25BrN6O3/c1-16-9-11-20(12-10-16)30-26(35)23-17(2)29-27-31-32-33-34(27)24(23)19-13-21(28)25(22(14-19)36-3)37-15-18-7-5-4-6-8-18/h4-14,24H,15H2,1-3H3,(H,30,35)(H,29,31,33). The van der Waals surface area contributed by atoms with Crippen LogP contribution in [0.4, 0.5) is 11.6 Å². The predicted molar refractivity (Wildman–Crippen MR) is 144 cm³/mol. The van der Waals surface area contributed by atoms with E-state index in [9.17, 15) is 4.79 Å². The van der Waals surface area contributed by atoms with Crippen LogP contribution in [0.3, 0.4) is 0 Å². The summed E-state index contributed by atoms with van der Waals surface area (Å²) < 4.78 is 14.1. The van der Waals surface area contributed by atoms with E-state index in [0.717, 1.165) is 16.7 Å². The minimum atomic E-state index is -0.606. The Labute approximate surface area is 222 Å². The van der Waals surface area contributed by atoms with Gasteiger partial charge in [-0.1, -0.05) is 53.1 Å². The van der Waals surface area contributed by atoms with Gasteiger partial charge in [-0.05, 0) is 75.6 Å². The molecule has 0 bridgehead atoms. The molecular formula is C27H25BrN6O3. The van der Waals surface area contributed by atoms with E-state index >= 15 is 0 Å². The number of fused-ring (bicyclic) bond motifs is 1. The van der Waals surface area contributed by atoms with Gasteiger partial charge in [0.15, 0.2) is 11.5 Å². The van der Waals surface area contributed by atoms with Crippen molar-refractivity contribution in [2.45, 2.75) is 26.5 Å². The van der Waals surface area contributed by atoms with Crippen molar-refractivity contribution in [2.24, 2.45) is 0 Å². The van der Waals surface area contributed by atoms with Crippen molar-refractivity contribution < 1.29 is 14.3 Å². The van der Waals surface area contributed by atoms with Crippen molar-refractivity contribution in [2.75, 3.05) is 17.7 Å². The van der Waals surface area contributed by atoms with Gasteiger partial charge < -0.3 is 20.1 Å². The average molecular weight is 561 g/mol. The quantitative estimate of drug-likeness (QED) is 0.317. The van der Waals surface area contributed by atoms with Crippen LogP contribution >= 0.6 is 15.9 Å². The van der Waals surface area contributed by atoms with Crippen molar-refractivity contribution >= 4 is 33.5 Å². The van der Waals surface area contributed by atoms with Gasteiger partial charge in [0.05, 0.1) is 17.2 Å². The van der Waals surface area contributed by atoms with Gasteiger partial charge in [-0.25, -0.2) is 0 Å². The van der Waals surface area contributed by atoms with Crippen LogP contribution in [0.5, 0.6) is 11.5 Å². The molecular weight excluding hydrogens is 536 g/mol. The monoisotopic (exact) mass is 560 g/mol. The lowest BCUT2D eigenvalue weighted by Gasteiger charge is -2.28. The Kier molecular flexibility index (Phi) is 6.91. The third-order valence-electron chi connectivity index (χ3n) is 6.06. The zero-order valence-corrected chi connectivity index (χ0v) is 22.1. The molecule has 37 heavy (non-hydrogen) atoms. The first-order valence-corrected chi connectivity index (χ1v) is 12.4. The van der Waals surface area contributed by atoms with Gasteiger partial charge in [0, 0.05) is 11.4 Å². The number of nitrogens with one attached hydrogen (secondary N) is 2. The predicted octanol–water partition coefficient (Wildman–Crippen LogP) is 5.26. The molecule has 5 rings (SSSR count). The SMILES string of the molecule is COc1cc(C2C(C(=O)Nc3ccc(C)cc3)=C(C)Nc3nnnn32)cc(Br)c1OCc1ccccc1. The van der Waals surface area contributed by atoms with Gasteiger partial charge >= 0.3 is 0 Å². The number of carbonyl (C=O) groups excluding carboxylic acids is 1. The average Bonchev–Trinajstić information content (AvgIpc) is 3.36. The highest BCUT2D eigenvalue weighted by Crippen LogP contribution is 2.42. The van der Waals surface area contributed by atoms with Crippen LogP contribution in [0.15, 0.2) is 82.5 Å². The van der Waals surface area contributed by atoms with E-state index < -0.39 is 6.04 Å². The van der Waals surface area contributed by atoms with Crippen molar-refractivity contribution in [1.29, 1.82) is 0 Å². The van der Waals surface area contributed by atoms with Gasteiger partial charge in [0.25, 0.3) is 5.91 Å². The van der Waals surface area contributed by atoms with Crippen LogP contribution in [0, 0.1) is 6.92 Å². The van der Waals surface area contributed by atoms with Crippen LogP contribution in [0.1, 0.15) is 29.7 Å². The minimum absolute atomic E-state index is 0.264. The number of nitrogens with zero attached hydrogens (tertiary/aromatic N) is 4. The zero-order valence-electron chi connectivity index (χ0n) is 20.5. The van der Waals surface area contributed by atoms with E-state index in [4.69, 9.17) is 9.47 Å². The van der Waals surface area contributed by atoms with E-state index in [2.05, 4.69) is 42.1 Å². The number of rotatable bonds is 7. The van der Waals surface area contributed by atoms with Crippen molar-refractivity contribution in [1.82, 2.24) is 20.2 Å². The summed E-state index contributed by atoms with van der Waals surface area (Å²) in [6, 6.07) is 20.7. The number of halogens is 1. The van der Waals surface area contributed by atoms with Crippen LogP contribution in [-0.2, 0) is 11.4 Å². The molecule has 0 saturated carbocycles.